The van der Waals surface area contributed by atoms with Crippen LogP contribution in [0.5, 0.6) is 0 Å². The van der Waals surface area contributed by atoms with Crippen LogP contribution in [0.15, 0.2) is 6.20 Å². The van der Waals surface area contributed by atoms with Gasteiger partial charge in [-0.05, 0) is 46.1 Å². The van der Waals surface area contributed by atoms with Crippen molar-refractivity contribution in [1.29, 1.82) is 0 Å². The lowest BCUT2D eigenvalue weighted by Crippen LogP contribution is -2.29. The third-order valence-corrected chi connectivity index (χ3v) is 5.00. The molecule has 18 heavy (non-hydrogen) atoms. The van der Waals surface area contributed by atoms with E-state index in [1.807, 2.05) is 6.20 Å². The Morgan fingerprint density at radius 1 is 1.56 bits per heavy atom. The number of thiazole rings is 1. The molecule has 1 saturated heterocycles. The Balaban J connectivity index is 2.04. The lowest BCUT2D eigenvalue weighted by molar-refractivity contribution is -0.0702. The fraction of sp³-hybridized carbons (Fsp3) is 0.786. The number of aromatic nitrogens is 1. The van der Waals surface area contributed by atoms with Crippen LogP contribution in [-0.2, 0) is 10.3 Å². The summed E-state index contributed by atoms with van der Waals surface area (Å²) in [4.78, 5) is 5.91. The second kappa shape index (κ2) is 6.13. The first-order valence-corrected chi connectivity index (χ1v) is 7.81. The van der Waals surface area contributed by atoms with Crippen molar-refractivity contribution >= 4 is 11.3 Å². The summed E-state index contributed by atoms with van der Waals surface area (Å²) in [7, 11) is 0. The van der Waals surface area contributed by atoms with Crippen molar-refractivity contribution in [3.8, 4) is 0 Å². The molecule has 1 N–H and O–H groups in total. The average Bonchev–Trinajstić information content (AvgIpc) is 2.87. The molecule has 1 aromatic heterocycles. The summed E-state index contributed by atoms with van der Waals surface area (Å²) in [5, 5.41) is 4.65. The van der Waals surface area contributed by atoms with Gasteiger partial charge in [0.05, 0.1) is 0 Å². The van der Waals surface area contributed by atoms with Gasteiger partial charge in [-0.25, -0.2) is 4.98 Å². The Hall–Kier alpha value is -0.450. The summed E-state index contributed by atoms with van der Waals surface area (Å²) < 4.78 is 5.95. The maximum Gasteiger partial charge on any atom is 0.125 e. The zero-order chi connectivity index (χ0) is 13.0. The van der Waals surface area contributed by atoms with Crippen molar-refractivity contribution in [3.05, 3.63) is 16.1 Å². The maximum absolute atomic E-state index is 5.95. The van der Waals surface area contributed by atoms with E-state index >= 15 is 0 Å². The molecule has 1 fully saturated rings. The Morgan fingerprint density at radius 3 is 3.06 bits per heavy atom. The molecule has 102 valence electrons. The molecular formula is C14H24N2OS. The van der Waals surface area contributed by atoms with E-state index in [2.05, 4.69) is 31.1 Å². The van der Waals surface area contributed by atoms with Crippen LogP contribution < -0.4 is 5.32 Å². The lowest BCUT2D eigenvalue weighted by Gasteiger charge is -2.31. The lowest BCUT2D eigenvalue weighted by atomic mass is 9.97. The molecule has 2 atom stereocenters. The van der Waals surface area contributed by atoms with Gasteiger partial charge in [-0.2, -0.15) is 0 Å². The molecule has 0 spiro atoms. The molecule has 0 aliphatic carbocycles. The fourth-order valence-electron chi connectivity index (χ4n) is 2.30. The molecule has 3 nitrogen and oxygen atoms in total. The van der Waals surface area contributed by atoms with Gasteiger partial charge in [-0.1, -0.05) is 6.92 Å². The first-order valence-electron chi connectivity index (χ1n) is 6.99. The van der Waals surface area contributed by atoms with E-state index in [1.165, 1.54) is 17.7 Å². The van der Waals surface area contributed by atoms with Crippen molar-refractivity contribution < 1.29 is 4.74 Å². The Morgan fingerprint density at radius 2 is 2.39 bits per heavy atom. The van der Waals surface area contributed by atoms with E-state index in [4.69, 9.17) is 4.74 Å². The SMILES string of the molecule is CCCNC(C)c1cnc(C2(C)CCCCO2)s1. The Kier molecular flexibility index (Phi) is 4.76. The zero-order valence-corrected chi connectivity index (χ0v) is 12.5. The van der Waals surface area contributed by atoms with E-state index in [1.54, 1.807) is 11.3 Å². The number of nitrogens with zero attached hydrogens (tertiary/aromatic N) is 1. The number of ether oxygens (including phenoxy) is 1. The summed E-state index contributed by atoms with van der Waals surface area (Å²) >= 11 is 1.80. The van der Waals surface area contributed by atoms with Crippen molar-refractivity contribution in [2.24, 2.45) is 0 Å². The van der Waals surface area contributed by atoms with E-state index in [9.17, 15) is 0 Å². The van der Waals surface area contributed by atoms with Gasteiger partial charge in [-0.15, -0.1) is 11.3 Å². The van der Waals surface area contributed by atoms with Crippen LogP contribution in [0.3, 0.4) is 0 Å². The molecule has 1 aromatic rings. The molecule has 2 heterocycles. The van der Waals surface area contributed by atoms with Gasteiger partial charge < -0.3 is 10.1 Å². The molecule has 0 aromatic carbocycles. The highest BCUT2D eigenvalue weighted by Crippen LogP contribution is 2.37. The van der Waals surface area contributed by atoms with Crippen molar-refractivity contribution in [3.63, 3.8) is 0 Å². The minimum Gasteiger partial charge on any atom is -0.368 e. The van der Waals surface area contributed by atoms with Crippen LogP contribution in [0.1, 0.15) is 62.4 Å². The molecule has 1 aliphatic heterocycles. The first-order chi connectivity index (χ1) is 8.65. The number of rotatable bonds is 5. The second-order valence-electron chi connectivity index (χ2n) is 5.28. The summed E-state index contributed by atoms with van der Waals surface area (Å²) in [6, 6.07) is 0.392. The second-order valence-corrected chi connectivity index (χ2v) is 6.34. The van der Waals surface area contributed by atoms with Crippen LogP contribution in [0.2, 0.25) is 0 Å². The topological polar surface area (TPSA) is 34.2 Å². The highest BCUT2D eigenvalue weighted by Gasteiger charge is 2.33. The normalized spacial score (nSPS) is 26.2. The van der Waals surface area contributed by atoms with Crippen molar-refractivity contribution in [2.75, 3.05) is 13.2 Å². The third kappa shape index (κ3) is 3.11. The van der Waals surface area contributed by atoms with Gasteiger partial charge >= 0.3 is 0 Å². The van der Waals surface area contributed by atoms with Gasteiger partial charge in [0.25, 0.3) is 0 Å². The van der Waals surface area contributed by atoms with Crippen LogP contribution in [0, 0.1) is 0 Å². The fourth-order valence-corrected chi connectivity index (χ4v) is 3.37. The molecule has 0 saturated carbocycles. The number of hydrogen-bond donors (Lipinski definition) is 1. The van der Waals surface area contributed by atoms with Crippen LogP contribution in [0.25, 0.3) is 0 Å². The standard InChI is InChI=1S/C14H24N2OS/c1-4-8-15-11(2)12-10-16-13(18-12)14(3)7-5-6-9-17-14/h10-11,15H,4-9H2,1-3H3. The van der Waals surface area contributed by atoms with Crippen LogP contribution in [-0.4, -0.2) is 18.1 Å². The zero-order valence-electron chi connectivity index (χ0n) is 11.7. The first kappa shape index (κ1) is 14.0. The van der Waals surface area contributed by atoms with Gasteiger partial charge in [0.2, 0.25) is 0 Å². The predicted octanol–water partition coefficient (Wildman–Crippen LogP) is 3.62. The number of nitrogens with one attached hydrogen (secondary N) is 1. The molecule has 1 aliphatic rings. The largest absolute Gasteiger partial charge is 0.368 e. The smallest absolute Gasteiger partial charge is 0.125 e. The molecule has 2 unspecified atom stereocenters. The van der Waals surface area contributed by atoms with E-state index in [-0.39, 0.29) is 5.60 Å². The minimum atomic E-state index is -0.147. The van der Waals surface area contributed by atoms with Crippen LogP contribution >= 0.6 is 11.3 Å². The molecule has 4 heteroatoms. The van der Waals surface area contributed by atoms with Gasteiger partial charge in [0, 0.05) is 23.7 Å². The van der Waals surface area contributed by atoms with Gasteiger partial charge in [-0.3, -0.25) is 0 Å². The average molecular weight is 268 g/mol. The summed E-state index contributed by atoms with van der Waals surface area (Å²) in [6.45, 7) is 8.50. The summed E-state index contributed by atoms with van der Waals surface area (Å²) in [5.74, 6) is 0. The Bertz CT molecular complexity index is 372. The minimum absolute atomic E-state index is 0.147. The third-order valence-electron chi connectivity index (χ3n) is 3.57. The molecule has 0 bridgehead atoms. The maximum atomic E-state index is 5.95. The number of hydrogen-bond acceptors (Lipinski definition) is 4. The Labute approximate surface area is 114 Å². The van der Waals surface area contributed by atoms with E-state index in [0.717, 1.165) is 31.0 Å². The summed E-state index contributed by atoms with van der Waals surface area (Å²) in [5.41, 5.74) is -0.147. The molecular weight excluding hydrogens is 244 g/mol. The molecule has 0 radical (unpaired) electrons. The van der Waals surface area contributed by atoms with E-state index in [0.29, 0.717) is 6.04 Å². The predicted molar refractivity (Wildman–Crippen MR) is 76.0 cm³/mol. The van der Waals surface area contributed by atoms with E-state index < -0.39 is 0 Å². The summed E-state index contributed by atoms with van der Waals surface area (Å²) in [6.07, 6.45) is 6.70. The molecule has 0 amide bonds. The van der Waals surface area contributed by atoms with Crippen molar-refractivity contribution in [2.45, 2.75) is 58.1 Å². The van der Waals surface area contributed by atoms with Crippen LogP contribution in [0.4, 0.5) is 0 Å². The molecule has 2 rings (SSSR count). The van der Waals surface area contributed by atoms with Gasteiger partial charge in [0.15, 0.2) is 0 Å². The monoisotopic (exact) mass is 268 g/mol. The highest BCUT2D eigenvalue weighted by atomic mass is 32.1. The highest BCUT2D eigenvalue weighted by molar-refractivity contribution is 7.11. The van der Waals surface area contributed by atoms with Crippen molar-refractivity contribution in [1.82, 2.24) is 10.3 Å². The van der Waals surface area contributed by atoms with Gasteiger partial charge in [0.1, 0.15) is 10.6 Å². The quantitative estimate of drug-likeness (QED) is 0.885.